The third kappa shape index (κ3) is 4.15. The summed E-state index contributed by atoms with van der Waals surface area (Å²) in [6, 6.07) is 5.62. The second-order valence-corrected chi connectivity index (χ2v) is 7.81. The van der Waals surface area contributed by atoms with Crippen LogP contribution in [-0.4, -0.2) is 52.7 Å². The smallest absolute Gasteiger partial charge is 0.410 e. The van der Waals surface area contributed by atoms with Gasteiger partial charge in [0, 0.05) is 25.8 Å². The van der Waals surface area contributed by atoms with Crippen LogP contribution in [0.25, 0.3) is 11.0 Å². The van der Waals surface area contributed by atoms with Crippen molar-refractivity contribution in [2.45, 2.75) is 45.3 Å². The van der Waals surface area contributed by atoms with Gasteiger partial charge >= 0.3 is 6.09 Å². The van der Waals surface area contributed by atoms with E-state index >= 15 is 0 Å². The summed E-state index contributed by atoms with van der Waals surface area (Å²) < 4.78 is 5.49. The first-order chi connectivity index (χ1) is 12.2. The van der Waals surface area contributed by atoms with E-state index < -0.39 is 5.60 Å². The summed E-state index contributed by atoms with van der Waals surface area (Å²) in [5.41, 5.74) is 7.59. The first kappa shape index (κ1) is 18.2. The van der Waals surface area contributed by atoms with E-state index in [-0.39, 0.29) is 12.1 Å². The van der Waals surface area contributed by atoms with Gasteiger partial charge in [-0.1, -0.05) is 0 Å². The molecule has 0 aliphatic carbocycles. The number of hydrogen-bond acceptors (Lipinski definition) is 6. The van der Waals surface area contributed by atoms with Crippen LogP contribution in [0.3, 0.4) is 0 Å². The predicted molar refractivity (Wildman–Crippen MR) is 103 cm³/mol. The van der Waals surface area contributed by atoms with Crippen molar-refractivity contribution >= 4 is 28.6 Å². The maximum atomic E-state index is 12.4. The standard InChI is InChI=1S/C19H27N5O2/c1-19(2,3)26-18(25)23(4)14-6-5-9-24(12-14)17-11-21-16-10-13(20)7-8-15(16)22-17/h7-8,10-11,14H,5-6,9,12,20H2,1-4H3/t14-/m0/s1. The molecule has 0 unspecified atom stereocenters. The Balaban J connectivity index is 1.74. The number of piperidine rings is 1. The number of hydrogen-bond donors (Lipinski definition) is 1. The van der Waals surface area contributed by atoms with E-state index in [1.54, 1.807) is 18.1 Å². The summed E-state index contributed by atoms with van der Waals surface area (Å²) in [6.45, 7) is 7.24. The second-order valence-electron chi connectivity index (χ2n) is 7.81. The molecule has 7 heteroatoms. The quantitative estimate of drug-likeness (QED) is 0.832. The molecule has 26 heavy (non-hydrogen) atoms. The minimum absolute atomic E-state index is 0.0857. The largest absolute Gasteiger partial charge is 0.444 e. The second kappa shape index (κ2) is 6.97. The lowest BCUT2D eigenvalue weighted by molar-refractivity contribution is 0.0209. The van der Waals surface area contributed by atoms with Gasteiger partial charge in [-0.3, -0.25) is 4.98 Å². The molecule has 1 saturated heterocycles. The lowest BCUT2D eigenvalue weighted by Crippen LogP contribution is -2.50. The molecule has 1 aromatic carbocycles. The summed E-state index contributed by atoms with van der Waals surface area (Å²) in [4.78, 5) is 25.4. The molecule has 3 rings (SSSR count). The lowest BCUT2D eigenvalue weighted by atomic mass is 10.0. The summed E-state index contributed by atoms with van der Waals surface area (Å²) in [5, 5.41) is 0. The fraction of sp³-hybridized carbons (Fsp3) is 0.526. The van der Waals surface area contributed by atoms with Gasteiger partial charge in [0.2, 0.25) is 0 Å². The highest BCUT2D eigenvalue weighted by Gasteiger charge is 2.29. The Morgan fingerprint density at radius 2 is 2.12 bits per heavy atom. The highest BCUT2D eigenvalue weighted by atomic mass is 16.6. The molecule has 7 nitrogen and oxygen atoms in total. The number of likely N-dealkylation sites (N-methyl/N-ethyl adjacent to an activating group) is 1. The van der Waals surface area contributed by atoms with Crippen molar-refractivity contribution in [3.63, 3.8) is 0 Å². The average molecular weight is 357 g/mol. The normalized spacial score (nSPS) is 18.0. The first-order valence-corrected chi connectivity index (χ1v) is 8.96. The molecule has 1 aliphatic rings. The van der Waals surface area contributed by atoms with Crippen LogP contribution in [0.15, 0.2) is 24.4 Å². The molecular weight excluding hydrogens is 330 g/mol. The number of carbonyl (C=O) groups excluding carboxylic acids is 1. The maximum Gasteiger partial charge on any atom is 0.410 e. The number of carbonyl (C=O) groups is 1. The molecule has 2 aromatic rings. The molecule has 0 saturated carbocycles. The van der Waals surface area contributed by atoms with E-state index in [1.165, 1.54) is 0 Å². The Hall–Kier alpha value is -2.57. The average Bonchev–Trinajstić information content (AvgIpc) is 2.59. The van der Waals surface area contributed by atoms with Gasteiger partial charge in [-0.05, 0) is 51.8 Å². The van der Waals surface area contributed by atoms with E-state index in [2.05, 4.69) is 9.88 Å². The van der Waals surface area contributed by atoms with Gasteiger partial charge in [0.1, 0.15) is 11.4 Å². The van der Waals surface area contributed by atoms with Gasteiger partial charge in [0.05, 0.1) is 23.3 Å². The number of rotatable bonds is 2. The number of ether oxygens (including phenoxy) is 1. The van der Waals surface area contributed by atoms with E-state index in [9.17, 15) is 4.79 Å². The number of nitrogen functional groups attached to an aromatic ring is 1. The van der Waals surface area contributed by atoms with Crippen LogP contribution in [0.2, 0.25) is 0 Å². The molecule has 2 N–H and O–H groups in total. The van der Waals surface area contributed by atoms with Crippen LogP contribution in [0, 0.1) is 0 Å². The minimum Gasteiger partial charge on any atom is -0.444 e. The summed E-state index contributed by atoms with van der Waals surface area (Å²) in [5.74, 6) is 0.824. The first-order valence-electron chi connectivity index (χ1n) is 8.96. The van der Waals surface area contributed by atoms with E-state index in [4.69, 9.17) is 15.5 Å². The van der Waals surface area contributed by atoms with Crippen LogP contribution in [-0.2, 0) is 4.74 Å². The van der Waals surface area contributed by atoms with Gasteiger partial charge in [-0.25, -0.2) is 9.78 Å². The van der Waals surface area contributed by atoms with Gasteiger partial charge in [-0.2, -0.15) is 0 Å². The number of benzene rings is 1. The molecule has 1 amide bonds. The van der Waals surface area contributed by atoms with Crippen molar-refractivity contribution in [2.24, 2.45) is 0 Å². The van der Waals surface area contributed by atoms with Crippen LogP contribution in [0.5, 0.6) is 0 Å². The van der Waals surface area contributed by atoms with Gasteiger partial charge in [-0.15, -0.1) is 0 Å². The van der Waals surface area contributed by atoms with Crippen LogP contribution in [0.4, 0.5) is 16.3 Å². The molecule has 140 valence electrons. The zero-order valence-corrected chi connectivity index (χ0v) is 15.9. The van der Waals surface area contributed by atoms with Crippen molar-refractivity contribution in [1.29, 1.82) is 0 Å². The van der Waals surface area contributed by atoms with Crippen LogP contribution < -0.4 is 10.6 Å². The topological polar surface area (TPSA) is 84.6 Å². The molecule has 0 spiro atoms. The van der Waals surface area contributed by atoms with Crippen molar-refractivity contribution in [3.05, 3.63) is 24.4 Å². The SMILES string of the molecule is CN(C(=O)OC(C)(C)C)[C@H]1CCCN(c2cnc3cc(N)ccc3n2)C1. The number of nitrogens with two attached hydrogens (primary N) is 1. The van der Waals surface area contributed by atoms with E-state index in [0.717, 1.165) is 36.2 Å². The zero-order chi connectivity index (χ0) is 18.9. The summed E-state index contributed by atoms with van der Waals surface area (Å²) in [6.07, 6.45) is 3.42. The fourth-order valence-electron chi connectivity index (χ4n) is 3.13. The van der Waals surface area contributed by atoms with Crippen molar-refractivity contribution in [3.8, 4) is 0 Å². The molecule has 1 fully saturated rings. The Kier molecular flexibility index (Phi) is 4.89. The lowest BCUT2D eigenvalue weighted by Gasteiger charge is -2.38. The zero-order valence-electron chi connectivity index (χ0n) is 15.9. The molecular formula is C19H27N5O2. The third-order valence-corrected chi connectivity index (χ3v) is 4.50. The van der Waals surface area contributed by atoms with Crippen LogP contribution >= 0.6 is 0 Å². The molecule has 1 atom stereocenters. The Morgan fingerprint density at radius 3 is 2.85 bits per heavy atom. The molecule has 1 aromatic heterocycles. The van der Waals surface area contributed by atoms with E-state index in [1.807, 2.05) is 39.0 Å². The molecule has 0 radical (unpaired) electrons. The van der Waals surface area contributed by atoms with Crippen molar-refractivity contribution in [2.75, 3.05) is 30.8 Å². The van der Waals surface area contributed by atoms with Gasteiger partial charge in [0.15, 0.2) is 0 Å². The molecule has 2 heterocycles. The maximum absolute atomic E-state index is 12.4. The number of anilines is 2. The summed E-state index contributed by atoms with van der Waals surface area (Å²) in [7, 11) is 1.80. The monoisotopic (exact) mass is 357 g/mol. The molecule has 0 bridgehead atoms. The Labute approximate surface area is 154 Å². The van der Waals surface area contributed by atoms with Crippen molar-refractivity contribution < 1.29 is 9.53 Å². The number of nitrogens with zero attached hydrogens (tertiary/aromatic N) is 4. The number of fused-ring (bicyclic) bond motifs is 1. The number of amides is 1. The predicted octanol–water partition coefficient (Wildman–Crippen LogP) is 3.05. The number of aromatic nitrogens is 2. The Bertz CT molecular complexity index is 802. The Morgan fingerprint density at radius 1 is 1.35 bits per heavy atom. The third-order valence-electron chi connectivity index (χ3n) is 4.50. The van der Waals surface area contributed by atoms with Crippen molar-refractivity contribution in [1.82, 2.24) is 14.9 Å². The minimum atomic E-state index is -0.495. The van der Waals surface area contributed by atoms with Gasteiger partial charge < -0.3 is 20.3 Å². The van der Waals surface area contributed by atoms with E-state index in [0.29, 0.717) is 12.2 Å². The van der Waals surface area contributed by atoms with Gasteiger partial charge in [0.25, 0.3) is 0 Å². The fourth-order valence-corrected chi connectivity index (χ4v) is 3.13. The van der Waals surface area contributed by atoms with Crippen LogP contribution in [0.1, 0.15) is 33.6 Å². The highest BCUT2D eigenvalue weighted by Crippen LogP contribution is 2.23. The summed E-state index contributed by atoms with van der Waals surface area (Å²) >= 11 is 0. The highest BCUT2D eigenvalue weighted by molar-refractivity contribution is 5.79. The molecule has 1 aliphatic heterocycles.